The van der Waals surface area contributed by atoms with Gasteiger partial charge in [0.15, 0.2) is 0 Å². The quantitative estimate of drug-likeness (QED) is 0.789. The molecule has 0 saturated carbocycles. The molecule has 2 fully saturated rings. The van der Waals surface area contributed by atoms with E-state index in [-0.39, 0.29) is 11.8 Å². The number of thioether (sulfide) groups is 1. The Labute approximate surface area is 116 Å². The normalized spacial score (nSPS) is 25.8. The molecule has 1 unspecified atom stereocenters. The number of rotatable bonds is 3. The van der Waals surface area contributed by atoms with Gasteiger partial charge in [0.25, 0.3) is 5.91 Å². The fraction of sp³-hybridized carbons (Fsp3) is 0.417. The molecule has 1 atom stereocenters. The molecule has 0 aliphatic carbocycles. The summed E-state index contributed by atoms with van der Waals surface area (Å²) in [5.74, 6) is -0.126. The van der Waals surface area contributed by atoms with Gasteiger partial charge in [-0.3, -0.25) is 4.79 Å². The van der Waals surface area contributed by atoms with Crippen LogP contribution in [0.4, 0.5) is 0 Å². The van der Waals surface area contributed by atoms with Crippen LogP contribution < -0.4 is 0 Å². The van der Waals surface area contributed by atoms with Crippen molar-refractivity contribution in [2.75, 3.05) is 12.4 Å². The van der Waals surface area contributed by atoms with E-state index in [1.807, 2.05) is 30.3 Å². The lowest BCUT2D eigenvalue weighted by Crippen LogP contribution is -2.33. The standard InChI is InChI=1S/C12H14N2O3S2/c15-12-11-7-4-8-13(11)19(16,17)14(12)9-18-10-5-2-1-3-6-10/h1-3,5-6,11H,4,7-9H2. The summed E-state index contributed by atoms with van der Waals surface area (Å²) in [6, 6.07) is 9.03. The van der Waals surface area contributed by atoms with E-state index < -0.39 is 16.3 Å². The number of carbonyl (C=O) groups excluding carboxylic acids is 1. The average molecular weight is 298 g/mol. The third-order valence-electron chi connectivity index (χ3n) is 3.40. The lowest BCUT2D eigenvalue weighted by Gasteiger charge is -2.16. The predicted molar refractivity (Wildman–Crippen MR) is 72.7 cm³/mol. The maximum atomic E-state index is 12.2. The lowest BCUT2D eigenvalue weighted by molar-refractivity contribution is -0.126. The van der Waals surface area contributed by atoms with Crippen LogP contribution >= 0.6 is 11.8 Å². The number of hydrogen-bond acceptors (Lipinski definition) is 4. The Kier molecular flexibility index (Phi) is 3.28. The first kappa shape index (κ1) is 13.0. The molecule has 102 valence electrons. The second kappa shape index (κ2) is 4.81. The summed E-state index contributed by atoms with van der Waals surface area (Å²) in [7, 11) is -3.59. The van der Waals surface area contributed by atoms with E-state index in [2.05, 4.69) is 0 Å². The van der Waals surface area contributed by atoms with E-state index in [0.717, 1.165) is 15.6 Å². The molecule has 0 radical (unpaired) electrons. The molecule has 0 N–H and O–H groups in total. The zero-order valence-corrected chi connectivity index (χ0v) is 11.9. The van der Waals surface area contributed by atoms with Crippen LogP contribution in [0.1, 0.15) is 12.8 Å². The van der Waals surface area contributed by atoms with Crippen molar-refractivity contribution in [1.29, 1.82) is 0 Å². The molecule has 0 aromatic heterocycles. The van der Waals surface area contributed by atoms with Crippen LogP contribution in [0.15, 0.2) is 35.2 Å². The third-order valence-corrected chi connectivity index (χ3v) is 6.45. The van der Waals surface area contributed by atoms with Gasteiger partial charge >= 0.3 is 10.2 Å². The molecule has 2 aliphatic rings. The largest absolute Gasteiger partial charge is 0.307 e. The van der Waals surface area contributed by atoms with Crippen LogP contribution in [0.3, 0.4) is 0 Å². The molecule has 2 aliphatic heterocycles. The van der Waals surface area contributed by atoms with Gasteiger partial charge in [0.1, 0.15) is 6.04 Å². The fourth-order valence-electron chi connectivity index (χ4n) is 2.45. The van der Waals surface area contributed by atoms with Gasteiger partial charge in [0, 0.05) is 11.4 Å². The number of benzene rings is 1. The summed E-state index contributed by atoms with van der Waals surface area (Å²) in [5.41, 5.74) is 0. The summed E-state index contributed by atoms with van der Waals surface area (Å²) in [6.45, 7) is 0.464. The predicted octanol–water partition coefficient (Wildman–Crippen LogP) is 1.29. The van der Waals surface area contributed by atoms with Crippen LogP contribution in [-0.4, -0.2) is 41.4 Å². The van der Waals surface area contributed by atoms with Gasteiger partial charge in [-0.2, -0.15) is 12.7 Å². The molecule has 7 heteroatoms. The lowest BCUT2D eigenvalue weighted by atomic mass is 10.2. The molecular weight excluding hydrogens is 284 g/mol. The number of hydrogen-bond donors (Lipinski definition) is 0. The van der Waals surface area contributed by atoms with E-state index in [1.165, 1.54) is 16.1 Å². The van der Waals surface area contributed by atoms with Gasteiger partial charge in [-0.1, -0.05) is 18.2 Å². The summed E-state index contributed by atoms with van der Waals surface area (Å²) in [5, 5.41) is 0. The number of amides is 1. The zero-order chi connectivity index (χ0) is 13.5. The number of fused-ring (bicyclic) bond motifs is 1. The van der Waals surface area contributed by atoms with Crippen molar-refractivity contribution in [1.82, 2.24) is 8.61 Å². The minimum atomic E-state index is -3.59. The minimum absolute atomic E-state index is 0.151. The highest BCUT2D eigenvalue weighted by molar-refractivity contribution is 8.00. The maximum absolute atomic E-state index is 12.2. The van der Waals surface area contributed by atoms with E-state index in [4.69, 9.17) is 0 Å². The van der Waals surface area contributed by atoms with E-state index in [0.29, 0.717) is 13.0 Å². The topological polar surface area (TPSA) is 57.7 Å². The van der Waals surface area contributed by atoms with Gasteiger partial charge in [-0.05, 0) is 25.0 Å². The summed E-state index contributed by atoms with van der Waals surface area (Å²) in [6.07, 6.45) is 1.42. The van der Waals surface area contributed by atoms with Gasteiger partial charge in [0.05, 0.1) is 5.88 Å². The SMILES string of the molecule is O=C1C2CCCN2S(=O)(=O)N1CSc1ccccc1. The van der Waals surface area contributed by atoms with Crippen LogP contribution in [0.2, 0.25) is 0 Å². The van der Waals surface area contributed by atoms with Gasteiger partial charge in [-0.25, -0.2) is 4.31 Å². The number of carbonyl (C=O) groups is 1. The first-order chi connectivity index (χ1) is 9.10. The summed E-state index contributed by atoms with van der Waals surface area (Å²) in [4.78, 5) is 13.1. The van der Waals surface area contributed by atoms with Crippen LogP contribution in [0, 0.1) is 0 Å². The second-order valence-electron chi connectivity index (χ2n) is 4.55. The van der Waals surface area contributed by atoms with Gasteiger partial charge in [-0.15, -0.1) is 11.8 Å². The average Bonchev–Trinajstić information content (AvgIpc) is 2.94. The molecule has 19 heavy (non-hydrogen) atoms. The molecule has 0 bridgehead atoms. The molecule has 5 nitrogen and oxygen atoms in total. The van der Waals surface area contributed by atoms with Crippen molar-refractivity contribution < 1.29 is 13.2 Å². The van der Waals surface area contributed by atoms with Crippen LogP contribution in [0.5, 0.6) is 0 Å². The van der Waals surface area contributed by atoms with Gasteiger partial charge < -0.3 is 0 Å². The Balaban J connectivity index is 1.76. The number of nitrogens with zero attached hydrogens (tertiary/aromatic N) is 2. The van der Waals surface area contributed by atoms with Crippen molar-refractivity contribution in [2.24, 2.45) is 0 Å². The Morgan fingerprint density at radius 3 is 2.68 bits per heavy atom. The Morgan fingerprint density at radius 1 is 1.26 bits per heavy atom. The molecule has 1 aromatic carbocycles. The van der Waals surface area contributed by atoms with E-state index >= 15 is 0 Å². The van der Waals surface area contributed by atoms with Crippen molar-refractivity contribution in [3.05, 3.63) is 30.3 Å². The molecule has 0 spiro atoms. The highest BCUT2D eigenvalue weighted by Gasteiger charge is 2.52. The highest BCUT2D eigenvalue weighted by Crippen LogP contribution is 2.33. The highest BCUT2D eigenvalue weighted by atomic mass is 32.2. The molecule has 2 heterocycles. The van der Waals surface area contributed by atoms with Crippen molar-refractivity contribution in [2.45, 2.75) is 23.8 Å². The Bertz CT molecular complexity index is 588. The zero-order valence-electron chi connectivity index (χ0n) is 10.2. The molecular formula is C12H14N2O3S2. The van der Waals surface area contributed by atoms with E-state index in [1.54, 1.807) is 0 Å². The van der Waals surface area contributed by atoms with Gasteiger partial charge in [0.2, 0.25) is 0 Å². The molecule has 1 amide bonds. The summed E-state index contributed by atoms with van der Waals surface area (Å²) < 4.78 is 26.8. The smallest absolute Gasteiger partial charge is 0.272 e. The molecule has 3 rings (SSSR count). The molecule has 2 saturated heterocycles. The Hall–Kier alpha value is -1.05. The Morgan fingerprint density at radius 2 is 2.00 bits per heavy atom. The molecule has 1 aromatic rings. The first-order valence-electron chi connectivity index (χ1n) is 6.12. The second-order valence-corrected chi connectivity index (χ2v) is 7.37. The monoisotopic (exact) mass is 298 g/mol. The van der Waals surface area contributed by atoms with Crippen LogP contribution in [-0.2, 0) is 15.0 Å². The van der Waals surface area contributed by atoms with Crippen molar-refractivity contribution in [3.63, 3.8) is 0 Å². The van der Waals surface area contributed by atoms with E-state index in [9.17, 15) is 13.2 Å². The maximum Gasteiger partial charge on any atom is 0.307 e. The minimum Gasteiger partial charge on any atom is -0.272 e. The van der Waals surface area contributed by atoms with Crippen molar-refractivity contribution in [3.8, 4) is 0 Å². The third kappa shape index (κ3) is 2.15. The summed E-state index contributed by atoms with van der Waals surface area (Å²) >= 11 is 1.36. The first-order valence-corrected chi connectivity index (χ1v) is 8.50. The van der Waals surface area contributed by atoms with Crippen LogP contribution in [0.25, 0.3) is 0 Å². The fourth-order valence-corrected chi connectivity index (χ4v) is 5.36. The van der Waals surface area contributed by atoms with Crippen molar-refractivity contribution >= 4 is 27.9 Å².